The second kappa shape index (κ2) is 12.9. The Labute approximate surface area is 245 Å². The molecule has 0 N–H and O–H groups in total. The number of para-hydroxylation sites is 1. The maximum atomic E-state index is 14.4. The molecule has 43 heavy (non-hydrogen) atoms. The van der Waals surface area contributed by atoms with E-state index in [0.29, 0.717) is 13.1 Å². The summed E-state index contributed by atoms with van der Waals surface area (Å²) in [5, 5.41) is 0. The summed E-state index contributed by atoms with van der Waals surface area (Å²) < 4.78 is 44.3. The van der Waals surface area contributed by atoms with Gasteiger partial charge in [-0.3, -0.25) is 19.2 Å². The molecule has 5 rings (SSSR count). The molecule has 10 heteroatoms. The van der Waals surface area contributed by atoms with E-state index in [1.54, 1.807) is 6.07 Å². The van der Waals surface area contributed by atoms with Crippen LogP contribution in [0.3, 0.4) is 0 Å². The summed E-state index contributed by atoms with van der Waals surface area (Å²) in [7, 11) is 0. The zero-order chi connectivity index (χ0) is 30.5. The number of ketones is 2. The van der Waals surface area contributed by atoms with Crippen LogP contribution in [0.25, 0.3) is 0 Å². The first-order valence-electron chi connectivity index (χ1n) is 13.8. The first-order chi connectivity index (χ1) is 20.7. The molecule has 0 unspecified atom stereocenters. The number of carbonyl (C=O) groups excluding carboxylic acids is 3. The third-order valence-electron chi connectivity index (χ3n) is 7.43. The standard InChI is InChI=1S/C33H28F3N3O4/c34-27-10-5-4-7-23(27)21-39-20-22(17-25-28(35)11-6-12-29(25)36)18-26(32(39)42)30(40)19-31(41)33(43)38-15-13-37(14-16-38)24-8-2-1-3-9-24/h1-12,18,20H,13-17,19,21H2. The van der Waals surface area contributed by atoms with E-state index in [0.717, 1.165) is 22.4 Å². The maximum Gasteiger partial charge on any atom is 0.290 e. The minimum absolute atomic E-state index is 0.151. The number of hydrogen-bond donors (Lipinski definition) is 0. The number of amides is 1. The number of halogens is 3. The van der Waals surface area contributed by atoms with Gasteiger partial charge in [-0.25, -0.2) is 13.2 Å². The van der Waals surface area contributed by atoms with Gasteiger partial charge in [-0.1, -0.05) is 42.5 Å². The number of nitrogens with zero attached hydrogens (tertiary/aromatic N) is 3. The van der Waals surface area contributed by atoms with Crippen molar-refractivity contribution in [2.45, 2.75) is 19.4 Å². The molecule has 0 spiro atoms. The minimum Gasteiger partial charge on any atom is -0.368 e. The van der Waals surface area contributed by atoms with Crippen molar-refractivity contribution in [3.63, 3.8) is 0 Å². The third-order valence-corrected chi connectivity index (χ3v) is 7.43. The second-order valence-corrected chi connectivity index (χ2v) is 10.3. The van der Waals surface area contributed by atoms with Crippen LogP contribution in [-0.2, 0) is 22.6 Å². The van der Waals surface area contributed by atoms with Crippen LogP contribution in [0.2, 0.25) is 0 Å². The maximum absolute atomic E-state index is 14.4. The van der Waals surface area contributed by atoms with Crippen molar-refractivity contribution in [2.75, 3.05) is 31.1 Å². The summed E-state index contributed by atoms with van der Waals surface area (Å²) in [5.41, 5.74) is -0.184. The fourth-order valence-electron chi connectivity index (χ4n) is 5.13. The SMILES string of the molecule is O=C(CC(=O)c1cc(Cc2c(F)cccc2F)cn(Cc2ccccc2F)c1=O)C(=O)N1CCN(c2ccccc2)CC1. The highest BCUT2D eigenvalue weighted by Crippen LogP contribution is 2.19. The molecular formula is C33H28F3N3O4. The van der Waals surface area contributed by atoms with E-state index in [2.05, 4.69) is 4.90 Å². The first-order valence-corrected chi connectivity index (χ1v) is 13.8. The Morgan fingerprint density at radius 3 is 2.05 bits per heavy atom. The van der Waals surface area contributed by atoms with Gasteiger partial charge in [0.25, 0.3) is 11.5 Å². The molecule has 2 heterocycles. The predicted octanol–water partition coefficient (Wildman–Crippen LogP) is 4.40. The van der Waals surface area contributed by atoms with E-state index < -0.39 is 52.5 Å². The van der Waals surface area contributed by atoms with Gasteiger partial charge in [0.2, 0.25) is 5.78 Å². The number of benzene rings is 3. The summed E-state index contributed by atoms with van der Waals surface area (Å²) in [6.07, 6.45) is 0.135. The summed E-state index contributed by atoms with van der Waals surface area (Å²) in [6.45, 7) is 1.32. The normalized spacial score (nSPS) is 13.2. The quantitative estimate of drug-likeness (QED) is 0.165. The van der Waals surface area contributed by atoms with Gasteiger partial charge in [0.05, 0.1) is 18.5 Å². The van der Waals surface area contributed by atoms with Gasteiger partial charge in [0.15, 0.2) is 5.78 Å². The Hall–Kier alpha value is -4.99. The van der Waals surface area contributed by atoms with E-state index in [1.165, 1.54) is 41.4 Å². The minimum atomic E-state index is -0.969. The highest BCUT2D eigenvalue weighted by atomic mass is 19.1. The first kappa shape index (κ1) is 29.5. The molecule has 3 aromatic carbocycles. The molecular weight excluding hydrogens is 559 g/mol. The number of piperazine rings is 1. The Balaban J connectivity index is 1.36. The Morgan fingerprint density at radius 2 is 1.37 bits per heavy atom. The van der Waals surface area contributed by atoms with Gasteiger partial charge in [0.1, 0.15) is 17.5 Å². The monoisotopic (exact) mass is 587 g/mol. The van der Waals surface area contributed by atoms with Gasteiger partial charge >= 0.3 is 0 Å². The molecule has 1 fully saturated rings. The number of hydrogen-bond acceptors (Lipinski definition) is 5. The summed E-state index contributed by atoms with van der Waals surface area (Å²) in [6, 6.07) is 19.9. The lowest BCUT2D eigenvalue weighted by Gasteiger charge is -2.35. The highest BCUT2D eigenvalue weighted by Gasteiger charge is 2.29. The van der Waals surface area contributed by atoms with Gasteiger partial charge < -0.3 is 14.4 Å². The molecule has 0 saturated carbocycles. The average molecular weight is 588 g/mol. The summed E-state index contributed by atoms with van der Waals surface area (Å²) >= 11 is 0. The molecule has 220 valence electrons. The van der Waals surface area contributed by atoms with E-state index in [1.807, 2.05) is 30.3 Å². The van der Waals surface area contributed by atoms with E-state index in [9.17, 15) is 32.3 Å². The lowest BCUT2D eigenvalue weighted by molar-refractivity contribution is -0.144. The van der Waals surface area contributed by atoms with Crippen molar-refractivity contribution >= 4 is 23.2 Å². The lowest BCUT2D eigenvalue weighted by atomic mass is 10.0. The zero-order valence-corrected chi connectivity index (χ0v) is 23.1. The molecule has 1 aromatic heterocycles. The molecule has 0 radical (unpaired) electrons. The van der Waals surface area contributed by atoms with Crippen LogP contribution < -0.4 is 10.5 Å². The van der Waals surface area contributed by atoms with Gasteiger partial charge in [-0.15, -0.1) is 0 Å². The Morgan fingerprint density at radius 1 is 0.744 bits per heavy atom. The van der Waals surface area contributed by atoms with Crippen LogP contribution in [-0.4, -0.2) is 53.1 Å². The van der Waals surface area contributed by atoms with Crippen molar-refractivity contribution in [1.82, 2.24) is 9.47 Å². The molecule has 0 bridgehead atoms. The second-order valence-electron chi connectivity index (χ2n) is 10.3. The number of Topliss-reactive ketones (excluding diaryl/α,β-unsaturated/α-hetero) is 2. The van der Waals surface area contributed by atoms with Crippen molar-refractivity contribution in [2.24, 2.45) is 0 Å². The van der Waals surface area contributed by atoms with Crippen molar-refractivity contribution in [1.29, 1.82) is 0 Å². The molecule has 1 amide bonds. The topological polar surface area (TPSA) is 79.7 Å². The molecule has 1 aliphatic rings. The van der Waals surface area contributed by atoms with Crippen LogP contribution in [0.1, 0.15) is 33.5 Å². The molecule has 1 aliphatic heterocycles. The Kier molecular flexibility index (Phi) is 8.85. The van der Waals surface area contributed by atoms with Crippen molar-refractivity contribution < 1.29 is 27.6 Å². The number of rotatable bonds is 9. The van der Waals surface area contributed by atoms with Gasteiger partial charge in [0, 0.05) is 55.6 Å². The van der Waals surface area contributed by atoms with E-state index in [4.69, 9.17) is 0 Å². The van der Waals surface area contributed by atoms with Crippen molar-refractivity contribution in [3.8, 4) is 0 Å². The highest BCUT2D eigenvalue weighted by molar-refractivity contribution is 6.40. The summed E-state index contributed by atoms with van der Waals surface area (Å²) in [4.78, 5) is 55.9. The van der Waals surface area contributed by atoms with Gasteiger partial charge in [-0.05, 0) is 42.0 Å². The van der Waals surface area contributed by atoms with E-state index in [-0.39, 0.29) is 42.7 Å². The number of aromatic nitrogens is 1. The predicted molar refractivity (Wildman–Crippen MR) is 155 cm³/mol. The number of carbonyl (C=O) groups is 3. The summed E-state index contributed by atoms with van der Waals surface area (Å²) in [5.74, 6) is -4.91. The largest absolute Gasteiger partial charge is 0.368 e. The van der Waals surface area contributed by atoms with Crippen LogP contribution in [0.5, 0.6) is 0 Å². The van der Waals surface area contributed by atoms with E-state index >= 15 is 0 Å². The zero-order valence-electron chi connectivity index (χ0n) is 23.1. The van der Waals surface area contributed by atoms with Crippen LogP contribution in [0.15, 0.2) is 89.9 Å². The fourth-order valence-corrected chi connectivity index (χ4v) is 5.13. The average Bonchev–Trinajstić information content (AvgIpc) is 3.01. The van der Waals surface area contributed by atoms with Crippen LogP contribution >= 0.6 is 0 Å². The smallest absolute Gasteiger partial charge is 0.290 e. The van der Waals surface area contributed by atoms with Gasteiger partial charge in [-0.2, -0.15) is 0 Å². The molecule has 0 aliphatic carbocycles. The third kappa shape index (κ3) is 6.74. The molecule has 1 saturated heterocycles. The number of pyridine rings is 1. The van der Waals surface area contributed by atoms with Crippen LogP contribution in [0, 0.1) is 17.5 Å². The van der Waals surface area contributed by atoms with Crippen LogP contribution in [0.4, 0.5) is 18.9 Å². The van der Waals surface area contributed by atoms with Crippen molar-refractivity contribution in [3.05, 3.63) is 135 Å². The number of anilines is 1. The molecule has 4 aromatic rings. The fraction of sp³-hybridized carbons (Fsp3) is 0.212. The lowest BCUT2D eigenvalue weighted by Crippen LogP contribution is -2.50. The molecule has 7 nitrogen and oxygen atoms in total. The molecule has 0 atom stereocenters. The Bertz CT molecular complexity index is 1710.